The fourth-order valence-corrected chi connectivity index (χ4v) is 3.88. The van der Waals surface area contributed by atoms with Gasteiger partial charge in [0.2, 0.25) is 17.7 Å². The van der Waals surface area contributed by atoms with Crippen molar-refractivity contribution in [2.75, 3.05) is 6.54 Å². The van der Waals surface area contributed by atoms with Gasteiger partial charge in [-0.3, -0.25) is 19.4 Å². The van der Waals surface area contributed by atoms with Crippen LogP contribution in [0, 0.1) is 5.92 Å². The zero-order valence-corrected chi connectivity index (χ0v) is 22.7. The highest BCUT2D eigenvalue weighted by Crippen LogP contribution is 2.09. The van der Waals surface area contributed by atoms with Gasteiger partial charge < -0.3 is 43.2 Å². The van der Waals surface area contributed by atoms with Crippen LogP contribution in [-0.4, -0.2) is 75.4 Å². The number of imidazole rings is 1. The van der Waals surface area contributed by atoms with Gasteiger partial charge in [-0.1, -0.05) is 44.2 Å². The maximum atomic E-state index is 13.4. The Morgan fingerprint density at radius 1 is 0.975 bits per heavy atom. The van der Waals surface area contributed by atoms with Crippen LogP contribution in [0.3, 0.4) is 0 Å². The fourth-order valence-electron chi connectivity index (χ4n) is 3.88. The summed E-state index contributed by atoms with van der Waals surface area (Å²) in [5, 5.41) is 17.4. The van der Waals surface area contributed by atoms with E-state index < -0.39 is 53.8 Å². The molecule has 40 heavy (non-hydrogen) atoms. The van der Waals surface area contributed by atoms with Crippen LogP contribution in [0.15, 0.2) is 47.8 Å². The summed E-state index contributed by atoms with van der Waals surface area (Å²) >= 11 is 0. The first kappa shape index (κ1) is 31.8. The Morgan fingerprint density at radius 3 is 2.20 bits per heavy atom. The molecule has 0 aliphatic carbocycles. The van der Waals surface area contributed by atoms with Crippen molar-refractivity contribution in [1.29, 1.82) is 0 Å². The van der Waals surface area contributed by atoms with E-state index in [9.17, 15) is 24.3 Å². The van der Waals surface area contributed by atoms with Crippen molar-refractivity contribution in [3.8, 4) is 0 Å². The van der Waals surface area contributed by atoms with Crippen molar-refractivity contribution in [2.45, 2.75) is 63.7 Å². The average molecular weight is 558 g/mol. The second-order valence-electron chi connectivity index (χ2n) is 9.72. The van der Waals surface area contributed by atoms with Crippen molar-refractivity contribution in [3.63, 3.8) is 0 Å². The second kappa shape index (κ2) is 15.8. The molecule has 11 N–H and O–H groups in total. The molecule has 4 atom stereocenters. The number of hydrogen-bond donors (Lipinski definition) is 8. The Kier molecular flexibility index (Phi) is 12.6. The van der Waals surface area contributed by atoms with Gasteiger partial charge in [-0.15, -0.1) is 0 Å². The number of nitrogens with zero attached hydrogens (tertiary/aromatic N) is 2. The van der Waals surface area contributed by atoms with E-state index in [4.69, 9.17) is 17.2 Å². The lowest BCUT2D eigenvalue weighted by Gasteiger charge is -2.26. The number of benzene rings is 1. The molecule has 0 aliphatic heterocycles. The number of H-pyrrole nitrogens is 1. The van der Waals surface area contributed by atoms with Crippen LogP contribution >= 0.6 is 0 Å². The molecule has 0 spiro atoms. The third-order valence-corrected chi connectivity index (χ3v) is 6.06. The molecule has 218 valence electrons. The lowest BCUT2D eigenvalue weighted by atomic mass is 10.0. The highest BCUT2D eigenvalue weighted by atomic mass is 16.4. The summed E-state index contributed by atoms with van der Waals surface area (Å²) in [6.45, 7) is 3.54. The van der Waals surface area contributed by atoms with Crippen LogP contribution in [0.4, 0.5) is 0 Å². The summed E-state index contributed by atoms with van der Waals surface area (Å²) < 4.78 is 0. The first-order valence-electron chi connectivity index (χ1n) is 12.9. The van der Waals surface area contributed by atoms with Crippen molar-refractivity contribution < 1.29 is 24.3 Å². The molecule has 2 aromatic rings. The third kappa shape index (κ3) is 10.7. The van der Waals surface area contributed by atoms with Gasteiger partial charge in [0, 0.05) is 31.3 Å². The molecule has 1 aromatic carbocycles. The number of carbonyl (C=O) groups excluding carboxylic acids is 3. The Morgan fingerprint density at radius 2 is 1.62 bits per heavy atom. The second-order valence-corrected chi connectivity index (χ2v) is 9.72. The van der Waals surface area contributed by atoms with Gasteiger partial charge in [-0.2, -0.15) is 0 Å². The standard InChI is InChI=1S/C26H39N9O5/c1-15(2)21(25(39)40)35-24(38)20(11-16-7-4-3-5-8-16)34-23(37)19(9-6-10-31-26(28)29)33-22(36)18(27)12-17-13-30-14-32-17/h3-5,7-8,13-15,18-21H,6,9-12,27H2,1-2H3,(H,30,32)(H,33,36)(H,34,37)(H,35,38)(H,39,40)(H4,28,29,31). The first-order valence-corrected chi connectivity index (χ1v) is 12.9. The molecule has 4 unspecified atom stereocenters. The SMILES string of the molecule is CC(C)C(NC(=O)C(Cc1ccccc1)NC(=O)C(CCCN=C(N)N)NC(=O)C(N)Cc1cnc[nH]1)C(=O)O. The topological polar surface area (TPSA) is 244 Å². The summed E-state index contributed by atoms with van der Waals surface area (Å²) in [6.07, 6.45) is 3.76. The molecule has 0 radical (unpaired) electrons. The number of carbonyl (C=O) groups is 4. The molecular formula is C26H39N9O5. The van der Waals surface area contributed by atoms with Gasteiger partial charge in [0.1, 0.15) is 18.1 Å². The fraction of sp³-hybridized carbons (Fsp3) is 0.462. The Balaban J connectivity index is 2.22. The number of aromatic nitrogens is 2. The Hall–Kier alpha value is -4.46. The van der Waals surface area contributed by atoms with Crippen LogP contribution in [0.2, 0.25) is 0 Å². The molecule has 0 saturated carbocycles. The van der Waals surface area contributed by atoms with E-state index in [1.165, 1.54) is 6.33 Å². The van der Waals surface area contributed by atoms with Crippen molar-refractivity contribution in [3.05, 3.63) is 54.1 Å². The van der Waals surface area contributed by atoms with E-state index in [0.717, 1.165) is 5.56 Å². The molecule has 14 nitrogen and oxygen atoms in total. The van der Waals surface area contributed by atoms with Gasteiger partial charge in [0.15, 0.2) is 5.96 Å². The van der Waals surface area contributed by atoms with E-state index in [1.807, 2.05) is 6.07 Å². The number of hydrogen-bond acceptors (Lipinski definition) is 7. The van der Waals surface area contributed by atoms with E-state index >= 15 is 0 Å². The largest absolute Gasteiger partial charge is 0.480 e. The number of aliphatic imine (C=N–C) groups is 1. The molecule has 14 heteroatoms. The molecule has 2 rings (SSSR count). The van der Waals surface area contributed by atoms with Gasteiger partial charge in [-0.05, 0) is 24.3 Å². The summed E-state index contributed by atoms with van der Waals surface area (Å²) in [5.41, 5.74) is 18.2. The van der Waals surface area contributed by atoms with Gasteiger partial charge in [0.05, 0.1) is 12.4 Å². The summed E-state index contributed by atoms with van der Waals surface area (Å²) in [7, 11) is 0. The molecular weight excluding hydrogens is 518 g/mol. The lowest BCUT2D eigenvalue weighted by molar-refractivity contribution is -0.143. The zero-order valence-electron chi connectivity index (χ0n) is 22.7. The van der Waals surface area contributed by atoms with Crippen molar-refractivity contribution >= 4 is 29.7 Å². The normalized spacial score (nSPS) is 13.9. The highest BCUT2D eigenvalue weighted by Gasteiger charge is 2.31. The van der Waals surface area contributed by atoms with Crippen LogP contribution < -0.4 is 33.2 Å². The number of carboxylic acid groups (broad SMARTS) is 1. The van der Waals surface area contributed by atoms with Gasteiger partial charge in [-0.25, -0.2) is 9.78 Å². The molecule has 0 aliphatic rings. The number of aromatic amines is 1. The quantitative estimate of drug-likeness (QED) is 0.0698. The number of guanidine groups is 1. The number of rotatable bonds is 16. The summed E-state index contributed by atoms with van der Waals surface area (Å²) in [6, 6.07) is 4.64. The zero-order chi connectivity index (χ0) is 29.7. The first-order chi connectivity index (χ1) is 19.0. The molecule has 1 aromatic heterocycles. The van der Waals surface area contributed by atoms with Crippen LogP contribution in [0.5, 0.6) is 0 Å². The molecule has 0 bridgehead atoms. The Bertz CT molecular complexity index is 1130. The van der Waals surface area contributed by atoms with E-state index in [0.29, 0.717) is 12.1 Å². The maximum absolute atomic E-state index is 13.4. The smallest absolute Gasteiger partial charge is 0.326 e. The number of carboxylic acids is 1. The molecule has 0 saturated heterocycles. The minimum Gasteiger partial charge on any atom is -0.480 e. The highest BCUT2D eigenvalue weighted by molar-refractivity contribution is 5.94. The number of aliphatic carboxylic acids is 1. The van der Waals surface area contributed by atoms with E-state index in [-0.39, 0.29) is 31.8 Å². The number of amides is 3. The average Bonchev–Trinajstić information content (AvgIpc) is 3.41. The van der Waals surface area contributed by atoms with Crippen molar-refractivity contribution in [2.24, 2.45) is 28.1 Å². The number of nitrogens with two attached hydrogens (primary N) is 3. The maximum Gasteiger partial charge on any atom is 0.326 e. The lowest BCUT2D eigenvalue weighted by Crippen LogP contribution is -2.58. The van der Waals surface area contributed by atoms with Gasteiger partial charge >= 0.3 is 5.97 Å². The van der Waals surface area contributed by atoms with E-state index in [2.05, 4.69) is 30.9 Å². The number of nitrogens with one attached hydrogen (secondary N) is 4. The molecule has 1 heterocycles. The minimum absolute atomic E-state index is 0.0941. The Labute approximate surface area is 232 Å². The summed E-state index contributed by atoms with van der Waals surface area (Å²) in [5.74, 6) is -3.58. The van der Waals surface area contributed by atoms with Crippen LogP contribution in [0.1, 0.15) is 37.9 Å². The van der Waals surface area contributed by atoms with Crippen LogP contribution in [-0.2, 0) is 32.0 Å². The predicted molar refractivity (Wildman–Crippen MR) is 149 cm³/mol. The van der Waals surface area contributed by atoms with Crippen LogP contribution in [0.25, 0.3) is 0 Å². The molecule has 0 fully saturated rings. The molecule has 3 amide bonds. The van der Waals surface area contributed by atoms with Gasteiger partial charge in [0.25, 0.3) is 0 Å². The van der Waals surface area contributed by atoms with Crippen molar-refractivity contribution in [1.82, 2.24) is 25.9 Å². The monoisotopic (exact) mass is 557 g/mol. The van der Waals surface area contributed by atoms with E-state index in [1.54, 1.807) is 44.3 Å². The third-order valence-electron chi connectivity index (χ3n) is 6.06. The summed E-state index contributed by atoms with van der Waals surface area (Å²) in [4.78, 5) is 61.9. The predicted octanol–water partition coefficient (Wildman–Crippen LogP) is -1.23. The minimum atomic E-state index is -1.19.